The lowest BCUT2D eigenvalue weighted by molar-refractivity contribution is 0.178. The van der Waals surface area contributed by atoms with Crippen LogP contribution in [-0.4, -0.2) is 32.5 Å². The van der Waals surface area contributed by atoms with Crippen molar-refractivity contribution >= 4 is 35.8 Å². The first-order valence-electron chi connectivity index (χ1n) is 8.13. The number of likely N-dealkylation sites (tertiary alicyclic amines) is 1. The van der Waals surface area contributed by atoms with E-state index in [0.717, 1.165) is 49.2 Å². The molecular formula is C18H22Cl2N4O. The topological polar surface area (TPSA) is 53.9 Å². The molecule has 1 saturated heterocycles. The summed E-state index contributed by atoms with van der Waals surface area (Å²) in [6.07, 6.45) is 3.83. The molecule has 0 radical (unpaired) electrons. The number of aromatic nitrogens is 3. The Morgan fingerprint density at radius 3 is 2.48 bits per heavy atom. The van der Waals surface area contributed by atoms with E-state index >= 15 is 0 Å². The fourth-order valence-electron chi connectivity index (χ4n) is 3.49. The van der Waals surface area contributed by atoms with Crippen molar-refractivity contribution < 1.29 is 0 Å². The third kappa shape index (κ3) is 4.06. The van der Waals surface area contributed by atoms with Crippen LogP contribution in [0.4, 0.5) is 0 Å². The molecule has 1 fully saturated rings. The first-order valence-corrected chi connectivity index (χ1v) is 8.13. The van der Waals surface area contributed by atoms with Crippen LogP contribution in [0, 0.1) is 0 Å². The van der Waals surface area contributed by atoms with Crippen LogP contribution in [0.5, 0.6) is 0 Å². The van der Waals surface area contributed by atoms with Crippen LogP contribution < -0.4 is 5.69 Å². The fourth-order valence-corrected chi connectivity index (χ4v) is 3.49. The SMILES string of the molecule is Cl.Cl.O=c1[nH]c2ccccc2n1C1CCN(Cc2ccccn2)CC1. The van der Waals surface area contributed by atoms with Crippen molar-refractivity contribution in [1.29, 1.82) is 0 Å². The van der Waals surface area contributed by atoms with Gasteiger partial charge in [-0.25, -0.2) is 4.79 Å². The summed E-state index contributed by atoms with van der Waals surface area (Å²) in [6, 6.07) is 14.2. The van der Waals surface area contributed by atoms with Gasteiger partial charge in [-0.1, -0.05) is 18.2 Å². The number of rotatable bonds is 3. The number of aromatic amines is 1. The van der Waals surface area contributed by atoms with E-state index in [1.54, 1.807) is 0 Å². The van der Waals surface area contributed by atoms with Crippen molar-refractivity contribution in [3.8, 4) is 0 Å². The monoisotopic (exact) mass is 380 g/mol. The largest absolute Gasteiger partial charge is 0.326 e. The van der Waals surface area contributed by atoms with Crippen molar-refractivity contribution in [3.63, 3.8) is 0 Å². The predicted octanol–water partition coefficient (Wildman–Crippen LogP) is 3.41. The van der Waals surface area contributed by atoms with Crippen LogP contribution in [0.15, 0.2) is 53.5 Å². The van der Waals surface area contributed by atoms with Gasteiger partial charge in [-0.05, 0) is 37.1 Å². The van der Waals surface area contributed by atoms with E-state index in [0.29, 0.717) is 0 Å². The van der Waals surface area contributed by atoms with E-state index in [-0.39, 0.29) is 36.5 Å². The van der Waals surface area contributed by atoms with E-state index < -0.39 is 0 Å². The molecule has 0 saturated carbocycles. The maximum absolute atomic E-state index is 12.3. The summed E-state index contributed by atoms with van der Waals surface area (Å²) in [7, 11) is 0. The van der Waals surface area contributed by atoms with Crippen LogP contribution in [-0.2, 0) is 6.54 Å². The highest BCUT2D eigenvalue weighted by molar-refractivity contribution is 5.85. The molecule has 0 amide bonds. The highest BCUT2D eigenvalue weighted by Gasteiger charge is 2.23. The Hall–Kier alpha value is -1.82. The second-order valence-corrected chi connectivity index (χ2v) is 6.15. The van der Waals surface area contributed by atoms with Gasteiger partial charge in [0.05, 0.1) is 16.7 Å². The van der Waals surface area contributed by atoms with E-state index in [2.05, 4.69) is 20.9 Å². The van der Waals surface area contributed by atoms with Gasteiger partial charge in [0.25, 0.3) is 0 Å². The van der Waals surface area contributed by atoms with Crippen LogP contribution in [0.1, 0.15) is 24.6 Å². The van der Waals surface area contributed by atoms with Gasteiger partial charge in [-0.15, -0.1) is 24.8 Å². The molecule has 0 bridgehead atoms. The highest BCUT2D eigenvalue weighted by Crippen LogP contribution is 2.25. The number of pyridine rings is 1. The van der Waals surface area contributed by atoms with Crippen molar-refractivity contribution in [1.82, 2.24) is 19.4 Å². The molecule has 5 nitrogen and oxygen atoms in total. The number of halogens is 2. The van der Waals surface area contributed by atoms with Gasteiger partial charge in [-0.3, -0.25) is 14.5 Å². The summed E-state index contributed by atoms with van der Waals surface area (Å²) in [4.78, 5) is 22.1. The second-order valence-electron chi connectivity index (χ2n) is 6.15. The number of fused-ring (bicyclic) bond motifs is 1. The molecule has 1 aliphatic heterocycles. The summed E-state index contributed by atoms with van der Waals surface area (Å²) >= 11 is 0. The number of imidazole rings is 1. The number of nitrogens with zero attached hydrogens (tertiary/aromatic N) is 3. The Kier molecular flexibility index (Phi) is 6.64. The van der Waals surface area contributed by atoms with Crippen LogP contribution in [0.25, 0.3) is 11.0 Å². The summed E-state index contributed by atoms with van der Waals surface area (Å²) in [5, 5.41) is 0. The number of H-pyrrole nitrogens is 1. The van der Waals surface area contributed by atoms with Crippen molar-refractivity contribution in [3.05, 3.63) is 64.8 Å². The lowest BCUT2D eigenvalue weighted by Gasteiger charge is -2.32. The molecule has 134 valence electrons. The summed E-state index contributed by atoms with van der Waals surface area (Å²) in [5.74, 6) is 0. The Bertz CT molecular complexity index is 854. The highest BCUT2D eigenvalue weighted by atomic mass is 35.5. The molecule has 3 heterocycles. The lowest BCUT2D eigenvalue weighted by Crippen LogP contribution is -2.36. The molecule has 4 rings (SSSR count). The van der Waals surface area contributed by atoms with Crippen LogP contribution in [0.2, 0.25) is 0 Å². The molecule has 1 N–H and O–H groups in total. The smallest absolute Gasteiger partial charge is 0.306 e. The van der Waals surface area contributed by atoms with Gasteiger partial charge in [0.2, 0.25) is 0 Å². The minimum absolute atomic E-state index is 0. The Morgan fingerprint density at radius 1 is 1.04 bits per heavy atom. The number of nitrogens with one attached hydrogen (secondary N) is 1. The number of piperidine rings is 1. The molecule has 25 heavy (non-hydrogen) atoms. The maximum atomic E-state index is 12.3. The van der Waals surface area contributed by atoms with Gasteiger partial charge >= 0.3 is 5.69 Å². The quantitative estimate of drug-likeness (QED) is 0.757. The molecule has 0 unspecified atom stereocenters. The molecule has 7 heteroatoms. The zero-order chi connectivity index (χ0) is 15.6. The standard InChI is InChI=1S/C18H20N4O.2ClH/c23-18-20-16-6-1-2-7-17(16)22(18)15-8-11-21(12-9-15)13-14-5-3-4-10-19-14;;/h1-7,10,15H,8-9,11-13H2,(H,20,23);2*1H. The van der Waals surface area contributed by atoms with Gasteiger partial charge in [0, 0.05) is 31.9 Å². The third-order valence-corrected chi connectivity index (χ3v) is 4.66. The zero-order valence-corrected chi connectivity index (χ0v) is 15.4. The molecular weight excluding hydrogens is 359 g/mol. The first kappa shape index (κ1) is 19.5. The van der Waals surface area contributed by atoms with Gasteiger partial charge in [-0.2, -0.15) is 0 Å². The van der Waals surface area contributed by atoms with Crippen LogP contribution in [0.3, 0.4) is 0 Å². The van der Waals surface area contributed by atoms with Crippen LogP contribution >= 0.6 is 24.8 Å². The maximum Gasteiger partial charge on any atom is 0.326 e. The number of benzene rings is 1. The molecule has 0 atom stereocenters. The number of hydrogen-bond acceptors (Lipinski definition) is 3. The molecule has 1 aromatic carbocycles. The molecule has 0 spiro atoms. The average Bonchev–Trinajstić information content (AvgIpc) is 2.92. The predicted molar refractivity (Wildman–Crippen MR) is 105 cm³/mol. The molecule has 0 aliphatic carbocycles. The Balaban J connectivity index is 0.00000113. The zero-order valence-electron chi connectivity index (χ0n) is 13.8. The lowest BCUT2D eigenvalue weighted by atomic mass is 10.0. The number of para-hydroxylation sites is 2. The minimum Gasteiger partial charge on any atom is -0.306 e. The number of hydrogen-bond donors (Lipinski definition) is 1. The summed E-state index contributed by atoms with van der Waals surface area (Å²) in [5.41, 5.74) is 3.05. The van der Waals surface area contributed by atoms with Crippen molar-refractivity contribution in [2.45, 2.75) is 25.4 Å². The molecule has 3 aromatic rings. The third-order valence-electron chi connectivity index (χ3n) is 4.66. The van der Waals surface area contributed by atoms with Gasteiger partial charge in [0.15, 0.2) is 0 Å². The van der Waals surface area contributed by atoms with E-state index in [9.17, 15) is 4.79 Å². The van der Waals surface area contributed by atoms with Crippen molar-refractivity contribution in [2.75, 3.05) is 13.1 Å². The second kappa shape index (κ2) is 8.52. The van der Waals surface area contributed by atoms with E-state index in [1.165, 1.54) is 0 Å². The normalized spacial score (nSPS) is 15.5. The Morgan fingerprint density at radius 2 is 1.76 bits per heavy atom. The van der Waals surface area contributed by atoms with Crippen molar-refractivity contribution in [2.24, 2.45) is 0 Å². The van der Waals surface area contributed by atoms with Gasteiger partial charge < -0.3 is 4.98 Å². The Labute approximate surface area is 158 Å². The first-order chi connectivity index (χ1) is 11.3. The molecule has 1 aliphatic rings. The van der Waals surface area contributed by atoms with Gasteiger partial charge in [0.1, 0.15) is 0 Å². The average molecular weight is 381 g/mol. The minimum atomic E-state index is 0. The molecule has 2 aromatic heterocycles. The van der Waals surface area contributed by atoms with E-state index in [4.69, 9.17) is 0 Å². The fraction of sp³-hybridized carbons (Fsp3) is 0.333. The summed E-state index contributed by atoms with van der Waals surface area (Å²) < 4.78 is 1.94. The summed E-state index contributed by atoms with van der Waals surface area (Å²) in [6.45, 7) is 2.87. The van der Waals surface area contributed by atoms with E-state index in [1.807, 2.05) is 47.2 Å².